The standard InChI is InChI=1S/C36H39N3O5S/c1-3-43-31-17-12-25(22-32(31)42-2)18-20-38-21-19-33-35(41)39(29-11-7-10-28(23-29)34(37)40)36(45-33)27-13-15-30(16-14-27)44-24-26-8-5-4-6-9-26/h4-17,22-23,33,36,38H,3,18-21,24H2,1-2H3,(H2,37,40). The molecule has 4 aromatic rings. The number of benzene rings is 4. The number of primary amides is 1. The Bertz CT molecular complexity index is 1580. The van der Waals surface area contributed by atoms with Crippen LogP contribution in [-0.2, 0) is 17.8 Å². The molecule has 8 nitrogen and oxygen atoms in total. The van der Waals surface area contributed by atoms with Gasteiger partial charge >= 0.3 is 0 Å². The Labute approximate surface area is 268 Å². The molecule has 4 aromatic carbocycles. The maximum atomic E-state index is 13.8. The minimum absolute atomic E-state index is 0.00840. The normalized spacial score (nSPS) is 16.0. The van der Waals surface area contributed by atoms with Gasteiger partial charge in [0.25, 0.3) is 0 Å². The van der Waals surface area contributed by atoms with Crippen LogP contribution in [0, 0.1) is 0 Å². The number of carbonyl (C=O) groups excluding carboxylic acids is 2. The third-order valence-corrected chi connectivity index (χ3v) is 9.07. The van der Waals surface area contributed by atoms with Crippen molar-refractivity contribution in [1.82, 2.24) is 5.32 Å². The van der Waals surface area contributed by atoms with Crippen LogP contribution < -0.4 is 30.2 Å². The van der Waals surface area contributed by atoms with E-state index in [1.165, 1.54) is 0 Å². The van der Waals surface area contributed by atoms with Gasteiger partial charge in [0.15, 0.2) is 11.5 Å². The largest absolute Gasteiger partial charge is 0.493 e. The molecule has 0 bridgehead atoms. The molecule has 1 aliphatic rings. The summed E-state index contributed by atoms with van der Waals surface area (Å²) in [5.74, 6) is 1.70. The highest BCUT2D eigenvalue weighted by Crippen LogP contribution is 2.47. The molecule has 0 spiro atoms. The van der Waals surface area contributed by atoms with Gasteiger partial charge in [0.1, 0.15) is 17.7 Å². The van der Waals surface area contributed by atoms with Crippen LogP contribution in [0.2, 0.25) is 0 Å². The Balaban J connectivity index is 1.24. The van der Waals surface area contributed by atoms with Crippen molar-refractivity contribution in [2.24, 2.45) is 5.73 Å². The molecule has 0 saturated carbocycles. The van der Waals surface area contributed by atoms with Crippen molar-refractivity contribution < 1.29 is 23.8 Å². The van der Waals surface area contributed by atoms with Gasteiger partial charge in [-0.25, -0.2) is 0 Å². The number of ether oxygens (including phenoxy) is 3. The smallest absolute Gasteiger partial charge is 0.248 e. The van der Waals surface area contributed by atoms with Crippen LogP contribution in [0.25, 0.3) is 0 Å². The Morgan fingerprint density at radius 3 is 2.42 bits per heavy atom. The van der Waals surface area contributed by atoms with E-state index in [4.69, 9.17) is 19.9 Å². The Hall–Kier alpha value is -4.47. The second kappa shape index (κ2) is 15.5. The first-order chi connectivity index (χ1) is 22.0. The zero-order valence-electron chi connectivity index (χ0n) is 25.6. The van der Waals surface area contributed by atoms with E-state index < -0.39 is 5.91 Å². The van der Waals surface area contributed by atoms with Crippen LogP contribution in [0.15, 0.2) is 97.1 Å². The molecule has 9 heteroatoms. The SMILES string of the molecule is CCOc1ccc(CCNCCC2SC(c3ccc(OCc4ccccc4)cc3)N(c3cccc(C(N)=O)c3)C2=O)cc1OC. The summed E-state index contributed by atoms with van der Waals surface area (Å²) in [6, 6.07) is 30.8. The van der Waals surface area contributed by atoms with E-state index >= 15 is 0 Å². The maximum Gasteiger partial charge on any atom is 0.248 e. The zero-order valence-corrected chi connectivity index (χ0v) is 26.4. The fourth-order valence-electron chi connectivity index (χ4n) is 5.24. The van der Waals surface area contributed by atoms with Crippen molar-refractivity contribution in [3.63, 3.8) is 0 Å². The molecule has 1 saturated heterocycles. The molecule has 5 rings (SSSR count). The van der Waals surface area contributed by atoms with Gasteiger partial charge in [-0.05, 0) is 92.0 Å². The minimum Gasteiger partial charge on any atom is -0.493 e. The maximum absolute atomic E-state index is 13.8. The lowest BCUT2D eigenvalue weighted by atomic mass is 10.1. The first kappa shape index (κ1) is 31.9. The first-order valence-electron chi connectivity index (χ1n) is 15.1. The molecule has 1 aliphatic heterocycles. The summed E-state index contributed by atoms with van der Waals surface area (Å²) in [4.78, 5) is 27.6. The number of nitrogens with one attached hydrogen (secondary N) is 1. The van der Waals surface area contributed by atoms with Crippen LogP contribution in [-0.4, -0.2) is 43.9 Å². The van der Waals surface area contributed by atoms with E-state index in [0.29, 0.717) is 37.4 Å². The third-order valence-electron chi connectivity index (χ3n) is 7.56. The zero-order chi connectivity index (χ0) is 31.6. The number of hydrogen-bond donors (Lipinski definition) is 2. The lowest BCUT2D eigenvalue weighted by molar-refractivity contribution is -0.117. The van der Waals surface area contributed by atoms with Crippen molar-refractivity contribution in [3.05, 3.63) is 119 Å². The molecule has 0 radical (unpaired) electrons. The van der Waals surface area contributed by atoms with Gasteiger partial charge in [-0.3, -0.25) is 14.5 Å². The number of amides is 2. The predicted molar refractivity (Wildman–Crippen MR) is 179 cm³/mol. The predicted octanol–water partition coefficient (Wildman–Crippen LogP) is 6.14. The number of anilines is 1. The lowest BCUT2D eigenvalue weighted by Gasteiger charge is -2.25. The van der Waals surface area contributed by atoms with Gasteiger partial charge in [0, 0.05) is 11.3 Å². The fourth-order valence-corrected chi connectivity index (χ4v) is 6.70. The number of rotatable bonds is 15. The van der Waals surface area contributed by atoms with Gasteiger partial charge in [-0.15, -0.1) is 11.8 Å². The summed E-state index contributed by atoms with van der Waals surface area (Å²) >= 11 is 1.62. The summed E-state index contributed by atoms with van der Waals surface area (Å²) in [6.07, 6.45) is 1.48. The Kier molecular flexibility index (Phi) is 11.0. The molecule has 3 N–H and O–H groups in total. The van der Waals surface area contributed by atoms with E-state index in [2.05, 4.69) is 5.32 Å². The van der Waals surface area contributed by atoms with Crippen molar-refractivity contribution in [3.8, 4) is 17.2 Å². The van der Waals surface area contributed by atoms with E-state index in [1.807, 2.05) is 85.8 Å². The molecule has 234 valence electrons. The van der Waals surface area contributed by atoms with Crippen molar-refractivity contribution in [2.75, 3.05) is 31.7 Å². The monoisotopic (exact) mass is 625 g/mol. The van der Waals surface area contributed by atoms with Crippen molar-refractivity contribution in [2.45, 2.75) is 37.0 Å². The second-order valence-corrected chi connectivity index (χ2v) is 11.9. The molecule has 0 aliphatic carbocycles. The second-order valence-electron chi connectivity index (χ2n) is 10.7. The summed E-state index contributed by atoms with van der Waals surface area (Å²) < 4.78 is 17.1. The van der Waals surface area contributed by atoms with Crippen LogP contribution in [0.4, 0.5) is 5.69 Å². The highest BCUT2D eigenvalue weighted by Gasteiger charge is 2.41. The number of thioether (sulfide) groups is 1. The Morgan fingerprint density at radius 2 is 1.69 bits per heavy atom. The minimum atomic E-state index is -0.529. The van der Waals surface area contributed by atoms with Gasteiger partial charge in [-0.2, -0.15) is 0 Å². The molecule has 0 aromatic heterocycles. The van der Waals surface area contributed by atoms with Crippen molar-refractivity contribution >= 4 is 29.3 Å². The average molecular weight is 626 g/mol. The van der Waals surface area contributed by atoms with Gasteiger partial charge in [0.2, 0.25) is 11.8 Å². The number of hydrogen-bond acceptors (Lipinski definition) is 7. The first-order valence-corrected chi connectivity index (χ1v) is 16.1. The number of methoxy groups -OCH3 is 1. The van der Waals surface area contributed by atoms with Gasteiger partial charge in [-0.1, -0.05) is 54.6 Å². The summed E-state index contributed by atoms with van der Waals surface area (Å²) in [7, 11) is 1.64. The van der Waals surface area contributed by atoms with Crippen molar-refractivity contribution in [1.29, 1.82) is 0 Å². The van der Waals surface area contributed by atoms with Gasteiger partial charge in [0.05, 0.1) is 19.0 Å². The van der Waals surface area contributed by atoms with Crippen LogP contribution >= 0.6 is 11.8 Å². The summed E-state index contributed by atoms with van der Waals surface area (Å²) in [5.41, 5.74) is 9.80. The van der Waals surface area contributed by atoms with Crippen LogP contribution in [0.1, 0.15) is 45.8 Å². The topological polar surface area (TPSA) is 103 Å². The summed E-state index contributed by atoms with van der Waals surface area (Å²) in [6.45, 7) is 4.46. The van der Waals surface area contributed by atoms with Gasteiger partial charge < -0.3 is 25.3 Å². The number of carbonyl (C=O) groups is 2. The summed E-state index contributed by atoms with van der Waals surface area (Å²) in [5, 5.41) is 2.98. The molecule has 2 unspecified atom stereocenters. The van der Waals surface area contributed by atoms with Crippen LogP contribution in [0.3, 0.4) is 0 Å². The van der Waals surface area contributed by atoms with E-state index in [-0.39, 0.29) is 16.5 Å². The lowest BCUT2D eigenvalue weighted by Crippen LogP contribution is -2.32. The molecule has 1 heterocycles. The quantitative estimate of drug-likeness (QED) is 0.153. The molecule has 2 amide bonds. The molecule has 45 heavy (non-hydrogen) atoms. The van der Waals surface area contributed by atoms with E-state index in [0.717, 1.165) is 46.9 Å². The molecule has 2 atom stereocenters. The fraction of sp³-hybridized carbons (Fsp3) is 0.278. The number of nitrogens with two attached hydrogens (primary N) is 1. The highest BCUT2D eigenvalue weighted by molar-refractivity contribution is 8.01. The number of nitrogens with zero attached hydrogens (tertiary/aromatic N) is 1. The molecule has 1 fully saturated rings. The average Bonchev–Trinajstić information content (AvgIpc) is 3.40. The molecular weight excluding hydrogens is 586 g/mol. The third kappa shape index (κ3) is 8.17. The van der Waals surface area contributed by atoms with E-state index in [9.17, 15) is 9.59 Å². The molecular formula is C36H39N3O5S. The van der Waals surface area contributed by atoms with E-state index in [1.54, 1.807) is 42.0 Å². The Morgan fingerprint density at radius 1 is 0.889 bits per heavy atom. The highest BCUT2D eigenvalue weighted by atomic mass is 32.2. The van der Waals surface area contributed by atoms with Crippen LogP contribution in [0.5, 0.6) is 17.2 Å².